The highest BCUT2D eigenvalue weighted by molar-refractivity contribution is 7.99. The second-order valence-electron chi connectivity index (χ2n) is 3.93. The fraction of sp³-hybridized carbons (Fsp3) is 1.00. The Morgan fingerprint density at radius 2 is 2.45 bits per heavy atom. The van der Waals surface area contributed by atoms with Crippen molar-refractivity contribution in [3.63, 3.8) is 0 Å². The Bertz CT molecular complexity index is 135. The minimum atomic E-state index is 0.308. The molecule has 2 fully saturated rings. The van der Waals surface area contributed by atoms with E-state index < -0.39 is 0 Å². The van der Waals surface area contributed by atoms with Crippen LogP contribution in [0.2, 0.25) is 0 Å². The van der Waals surface area contributed by atoms with Crippen LogP contribution in [0.25, 0.3) is 0 Å². The highest BCUT2D eigenvalue weighted by Gasteiger charge is 2.39. The first-order valence-corrected chi connectivity index (χ1v) is 5.68. The molecule has 0 radical (unpaired) electrons. The van der Waals surface area contributed by atoms with Crippen LogP contribution in [0.15, 0.2) is 0 Å². The lowest BCUT2D eigenvalue weighted by Crippen LogP contribution is -2.36. The van der Waals surface area contributed by atoms with Gasteiger partial charge in [0.05, 0.1) is 12.2 Å². The summed E-state index contributed by atoms with van der Waals surface area (Å²) in [6.45, 7) is 3.33. The maximum absolute atomic E-state index is 5.88. The second-order valence-corrected chi connectivity index (χ2v) is 5.04. The maximum atomic E-state index is 5.88. The molecule has 2 unspecified atom stereocenters. The van der Waals surface area contributed by atoms with Crippen LogP contribution in [-0.4, -0.2) is 23.7 Å². The smallest absolute Gasteiger partial charge is 0.0775 e. The van der Waals surface area contributed by atoms with E-state index in [0.29, 0.717) is 5.60 Å². The summed E-state index contributed by atoms with van der Waals surface area (Å²) in [4.78, 5) is 0. The molecule has 64 valence electrons. The number of rotatable bonds is 0. The van der Waals surface area contributed by atoms with E-state index in [1.54, 1.807) is 0 Å². The van der Waals surface area contributed by atoms with Gasteiger partial charge in [0.15, 0.2) is 0 Å². The number of hydrogen-bond acceptors (Lipinski definition) is 2. The minimum Gasteiger partial charge on any atom is -0.373 e. The van der Waals surface area contributed by atoms with Crippen LogP contribution in [0, 0.1) is 5.92 Å². The molecule has 0 aromatic carbocycles. The zero-order valence-corrected chi connectivity index (χ0v) is 7.95. The van der Waals surface area contributed by atoms with Gasteiger partial charge in [-0.1, -0.05) is 6.92 Å². The Kier molecular flexibility index (Phi) is 2.15. The molecule has 1 saturated heterocycles. The van der Waals surface area contributed by atoms with Gasteiger partial charge in [-0.15, -0.1) is 0 Å². The quantitative estimate of drug-likeness (QED) is 0.554. The molecule has 2 atom stereocenters. The van der Waals surface area contributed by atoms with Crippen LogP contribution in [0.4, 0.5) is 0 Å². The van der Waals surface area contributed by atoms with Gasteiger partial charge in [-0.05, 0) is 25.2 Å². The highest BCUT2D eigenvalue weighted by atomic mass is 32.2. The van der Waals surface area contributed by atoms with E-state index in [0.717, 1.165) is 12.5 Å². The molecule has 2 rings (SSSR count). The molecule has 1 aliphatic carbocycles. The van der Waals surface area contributed by atoms with Gasteiger partial charge in [0.25, 0.3) is 0 Å². The number of hydrogen-bond donors (Lipinski definition) is 0. The molecule has 0 bridgehead atoms. The van der Waals surface area contributed by atoms with Crippen LogP contribution in [-0.2, 0) is 4.74 Å². The third kappa shape index (κ3) is 1.57. The van der Waals surface area contributed by atoms with Gasteiger partial charge in [-0.2, -0.15) is 11.8 Å². The fourth-order valence-corrected chi connectivity index (χ4v) is 3.29. The Hall–Kier alpha value is 0.310. The van der Waals surface area contributed by atoms with Crippen LogP contribution in [0.1, 0.15) is 26.2 Å². The Morgan fingerprint density at radius 3 is 3.00 bits per heavy atom. The van der Waals surface area contributed by atoms with Gasteiger partial charge in [-0.25, -0.2) is 0 Å². The molecule has 1 saturated carbocycles. The van der Waals surface area contributed by atoms with E-state index >= 15 is 0 Å². The topological polar surface area (TPSA) is 9.23 Å². The van der Waals surface area contributed by atoms with Crippen molar-refractivity contribution >= 4 is 11.8 Å². The average Bonchev–Trinajstić information content (AvgIpc) is 2.34. The molecular weight excluding hydrogens is 156 g/mol. The summed E-state index contributed by atoms with van der Waals surface area (Å²) in [5, 5.41) is 0. The predicted molar refractivity (Wildman–Crippen MR) is 49.0 cm³/mol. The molecule has 2 heteroatoms. The summed E-state index contributed by atoms with van der Waals surface area (Å²) in [6, 6.07) is 0. The van der Waals surface area contributed by atoms with Gasteiger partial charge >= 0.3 is 0 Å². The lowest BCUT2D eigenvalue weighted by molar-refractivity contribution is -0.0213. The second kappa shape index (κ2) is 2.98. The Balaban J connectivity index is 1.98. The van der Waals surface area contributed by atoms with Crippen molar-refractivity contribution in [2.45, 2.75) is 31.8 Å². The summed E-state index contributed by atoms with van der Waals surface area (Å²) in [6.07, 6.45) is 3.99. The van der Waals surface area contributed by atoms with Gasteiger partial charge in [0, 0.05) is 11.5 Å². The third-order valence-corrected chi connectivity index (χ3v) is 4.00. The van der Waals surface area contributed by atoms with Crippen molar-refractivity contribution < 1.29 is 4.74 Å². The first-order valence-electron chi connectivity index (χ1n) is 4.52. The van der Waals surface area contributed by atoms with E-state index in [2.05, 4.69) is 18.7 Å². The van der Waals surface area contributed by atoms with Gasteiger partial charge in [0.1, 0.15) is 0 Å². The molecule has 1 spiro atoms. The van der Waals surface area contributed by atoms with E-state index in [1.807, 2.05) is 0 Å². The molecule has 2 aliphatic rings. The standard InChI is InChI=1S/C9H16OS/c1-8-2-3-9(6-8)7-11-5-4-10-9/h8H,2-7H2,1H3. The maximum Gasteiger partial charge on any atom is 0.0775 e. The number of thioether (sulfide) groups is 1. The molecule has 11 heavy (non-hydrogen) atoms. The van der Waals surface area contributed by atoms with Gasteiger partial charge in [0.2, 0.25) is 0 Å². The molecule has 1 heterocycles. The zero-order chi connectivity index (χ0) is 7.73. The van der Waals surface area contributed by atoms with E-state index in [9.17, 15) is 0 Å². The molecule has 0 aromatic heterocycles. The van der Waals surface area contributed by atoms with Crippen molar-refractivity contribution in [3.8, 4) is 0 Å². The molecule has 0 amide bonds. The van der Waals surface area contributed by atoms with Crippen LogP contribution >= 0.6 is 11.8 Å². The summed E-state index contributed by atoms with van der Waals surface area (Å²) >= 11 is 2.07. The van der Waals surface area contributed by atoms with Gasteiger partial charge < -0.3 is 4.74 Å². The van der Waals surface area contributed by atoms with Crippen LogP contribution < -0.4 is 0 Å². The summed E-state index contributed by atoms with van der Waals surface area (Å²) in [5.41, 5.74) is 0.308. The molecular formula is C9H16OS. The van der Waals surface area contributed by atoms with Crippen LogP contribution in [0.3, 0.4) is 0 Å². The monoisotopic (exact) mass is 172 g/mol. The molecule has 1 nitrogen and oxygen atoms in total. The molecule has 0 aromatic rings. The van der Waals surface area contributed by atoms with Crippen molar-refractivity contribution in [3.05, 3.63) is 0 Å². The lowest BCUT2D eigenvalue weighted by atomic mass is 10.0. The van der Waals surface area contributed by atoms with Crippen LogP contribution in [0.5, 0.6) is 0 Å². The van der Waals surface area contributed by atoms with Gasteiger partial charge in [-0.3, -0.25) is 0 Å². The predicted octanol–water partition coefficient (Wildman–Crippen LogP) is 2.31. The zero-order valence-electron chi connectivity index (χ0n) is 7.14. The average molecular weight is 172 g/mol. The summed E-state index contributed by atoms with van der Waals surface area (Å²) in [7, 11) is 0. The summed E-state index contributed by atoms with van der Waals surface area (Å²) in [5.74, 6) is 3.35. The highest BCUT2D eigenvalue weighted by Crippen LogP contribution is 2.41. The van der Waals surface area contributed by atoms with E-state index in [-0.39, 0.29) is 0 Å². The Morgan fingerprint density at radius 1 is 1.55 bits per heavy atom. The van der Waals surface area contributed by atoms with Crippen molar-refractivity contribution in [2.24, 2.45) is 5.92 Å². The Labute approximate surface area is 72.9 Å². The fourth-order valence-electron chi connectivity index (χ4n) is 2.23. The first-order chi connectivity index (χ1) is 5.31. The minimum absolute atomic E-state index is 0.308. The van der Waals surface area contributed by atoms with E-state index in [1.165, 1.54) is 30.8 Å². The normalized spacial score (nSPS) is 45.0. The third-order valence-electron chi connectivity index (χ3n) is 2.81. The van der Waals surface area contributed by atoms with Crippen molar-refractivity contribution in [2.75, 3.05) is 18.1 Å². The van der Waals surface area contributed by atoms with Crippen molar-refractivity contribution in [1.29, 1.82) is 0 Å². The van der Waals surface area contributed by atoms with E-state index in [4.69, 9.17) is 4.74 Å². The molecule has 1 aliphatic heterocycles. The van der Waals surface area contributed by atoms with Crippen molar-refractivity contribution in [1.82, 2.24) is 0 Å². The first kappa shape index (κ1) is 7.93. The number of ether oxygens (including phenoxy) is 1. The molecule has 0 N–H and O–H groups in total. The lowest BCUT2D eigenvalue weighted by Gasteiger charge is -2.33. The summed E-state index contributed by atoms with van der Waals surface area (Å²) < 4.78 is 5.88. The SMILES string of the molecule is CC1CCC2(CSCCO2)C1. The largest absolute Gasteiger partial charge is 0.373 e.